The maximum absolute atomic E-state index is 11.4. The van der Waals surface area contributed by atoms with Crippen molar-refractivity contribution < 1.29 is 4.79 Å². The summed E-state index contributed by atoms with van der Waals surface area (Å²) in [5.41, 5.74) is 5.20. The van der Waals surface area contributed by atoms with Gasteiger partial charge in [-0.2, -0.15) is 0 Å². The second kappa shape index (κ2) is 5.56. The number of hydrogen-bond acceptors (Lipinski definition) is 3. The van der Waals surface area contributed by atoms with Gasteiger partial charge in [-0.15, -0.1) is 11.3 Å². The van der Waals surface area contributed by atoms with Crippen molar-refractivity contribution in [3.8, 4) is 0 Å². The quantitative estimate of drug-likeness (QED) is 0.922. The Kier molecular flexibility index (Phi) is 3.78. The molecule has 2 heterocycles. The molecule has 3 rings (SSSR count). The molecule has 1 aromatic heterocycles. The average molecular weight is 307 g/mol. The molecule has 0 saturated carbocycles. The Balaban J connectivity index is 2.07. The molecule has 1 aromatic carbocycles. The lowest BCUT2D eigenvalue weighted by Crippen LogP contribution is -2.47. The number of hydrogen-bond donors (Lipinski definition) is 1. The highest BCUT2D eigenvalue weighted by atomic mass is 35.5. The van der Waals surface area contributed by atoms with E-state index in [0.29, 0.717) is 0 Å². The lowest BCUT2D eigenvalue weighted by molar-refractivity contribution is -0.124. The fourth-order valence-electron chi connectivity index (χ4n) is 2.67. The van der Waals surface area contributed by atoms with Crippen molar-refractivity contribution in [2.24, 2.45) is 0 Å². The van der Waals surface area contributed by atoms with Gasteiger partial charge in [0.1, 0.15) is 0 Å². The van der Waals surface area contributed by atoms with Crippen LogP contribution in [0.5, 0.6) is 0 Å². The highest BCUT2D eigenvalue weighted by molar-refractivity contribution is 7.10. The van der Waals surface area contributed by atoms with E-state index < -0.39 is 0 Å². The molecule has 3 nitrogen and oxygen atoms in total. The maximum atomic E-state index is 11.4. The minimum atomic E-state index is -0.0549. The first-order valence-corrected chi connectivity index (χ1v) is 7.77. The molecule has 1 amide bonds. The predicted molar refractivity (Wildman–Crippen MR) is 81.8 cm³/mol. The summed E-state index contributed by atoms with van der Waals surface area (Å²) in [5.74, 6) is -0.0549. The molecule has 1 aliphatic heterocycles. The van der Waals surface area contributed by atoms with Crippen molar-refractivity contribution in [1.29, 1.82) is 0 Å². The van der Waals surface area contributed by atoms with E-state index in [1.165, 1.54) is 17.4 Å². The van der Waals surface area contributed by atoms with Crippen LogP contribution in [0.3, 0.4) is 0 Å². The fourth-order valence-corrected chi connectivity index (χ4v) is 3.81. The summed E-state index contributed by atoms with van der Waals surface area (Å²) < 4.78 is 0. The SMILES string of the molecule is CC(=O)NN1CCc2sccc2C1c1ccccc1Cl. The molecule has 0 aliphatic carbocycles. The zero-order valence-electron chi connectivity index (χ0n) is 11.1. The number of halogens is 1. The van der Waals surface area contributed by atoms with E-state index in [9.17, 15) is 4.79 Å². The minimum absolute atomic E-state index is 0.0115. The number of amides is 1. The number of fused-ring (bicyclic) bond motifs is 1. The van der Waals surface area contributed by atoms with Crippen LogP contribution in [0.25, 0.3) is 0 Å². The standard InChI is InChI=1S/C15H15ClN2OS/c1-10(19)17-18-8-6-14-12(7-9-20-14)15(18)11-4-2-3-5-13(11)16/h2-5,7,9,15H,6,8H2,1H3,(H,17,19). The molecule has 0 bridgehead atoms. The molecule has 1 atom stereocenters. The summed E-state index contributed by atoms with van der Waals surface area (Å²) in [5, 5.41) is 4.82. The molecule has 0 saturated heterocycles. The summed E-state index contributed by atoms with van der Waals surface area (Å²) in [6.07, 6.45) is 0.953. The first-order valence-electron chi connectivity index (χ1n) is 6.51. The molecule has 2 aromatic rings. The molecule has 20 heavy (non-hydrogen) atoms. The summed E-state index contributed by atoms with van der Waals surface area (Å²) >= 11 is 8.13. The number of hydrazine groups is 1. The van der Waals surface area contributed by atoms with Crippen molar-refractivity contribution in [2.45, 2.75) is 19.4 Å². The number of benzene rings is 1. The van der Waals surface area contributed by atoms with Gasteiger partial charge in [-0.25, -0.2) is 5.01 Å². The molecule has 1 aliphatic rings. The number of nitrogens with zero attached hydrogens (tertiary/aromatic N) is 1. The lowest BCUT2D eigenvalue weighted by Gasteiger charge is -2.36. The van der Waals surface area contributed by atoms with Crippen LogP contribution in [0.15, 0.2) is 35.7 Å². The third-order valence-electron chi connectivity index (χ3n) is 3.47. The van der Waals surface area contributed by atoms with Crippen LogP contribution >= 0.6 is 22.9 Å². The second-order valence-electron chi connectivity index (χ2n) is 4.83. The minimum Gasteiger partial charge on any atom is -0.288 e. The number of carbonyl (C=O) groups excluding carboxylic acids is 1. The normalized spacial score (nSPS) is 18.6. The molecular weight excluding hydrogens is 292 g/mol. The van der Waals surface area contributed by atoms with Gasteiger partial charge in [0.2, 0.25) is 5.91 Å². The van der Waals surface area contributed by atoms with Gasteiger partial charge < -0.3 is 0 Å². The van der Waals surface area contributed by atoms with Crippen molar-refractivity contribution in [2.75, 3.05) is 6.54 Å². The van der Waals surface area contributed by atoms with E-state index >= 15 is 0 Å². The smallest absolute Gasteiger partial charge is 0.231 e. The summed E-state index contributed by atoms with van der Waals surface area (Å²) in [6.45, 7) is 2.33. The number of rotatable bonds is 2. The van der Waals surface area contributed by atoms with Crippen LogP contribution in [0.4, 0.5) is 0 Å². The van der Waals surface area contributed by atoms with Gasteiger partial charge in [0, 0.05) is 23.4 Å². The molecule has 0 spiro atoms. The number of thiophene rings is 1. The molecule has 0 fully saturated rings. The van der Waals surface area contributed by atoms with Crippen LogP contribution in [0, 0.1) is 0 Å². The van der Waals surface area contributed by atoms with Gasteiger partial charge in [0.05, 0.1) is 6.04 Å². The van der Waals surface area contributed by atoms with Gasteiger partial charge in [0.25, 0.3) is 0 Å². The zero-order valence-corrected chi connectivity index (χ0v) is 12.7. The first-order chi connectivity index (χ1) is 9.66. The third kappa shape index (κ3) is 2.46. The van der Waals surface area contributed by atoms with Gasteiger partial charge in [-0.05, 0) is 35.1 Å². The third-order valence-corrected chi connectivity index (χ3v) is 4.81. The molecule has 5 heteroatoms. The second-order valence-corrected chi connectivity index (χ2v) is 6.24. The summed E-state index contributed by atoms with van der Waals surface area (Å²) in [7, 11) is 0. The molecule has 104 valence electrons. The van der Waals surface area contributed by atoms with Crippen LogP contribution in [0.1, 0.15) is 29.0 Å². The highest BCUT2D eigenvalue weighted by Gasteiger charge is 2.31. The van der Waals surface area contributed by atoms with Gasteiger partial charge in [-0.1, -0.05) is 29.8 Å². The van der Waals surface area contributed by atoms with Gasteiger partial charge in [0.15, 0.2) is 0 Å². The molecule has 1 N–H and O–H groups in total. The molecular formula is C15H15ClN2OS. The topological polar surface area (TPSA) is 32.3 Å². The van der Waals surface area contributed by atoms with E-state index in [0.717, 1.165) is 23.6 Å². The zero-order chi connectivity index (χ0) is 14.1. The molecule has 1 unspecified atom stereocenters. The average Bonchev–Trinajstić information content (AvgIpc) is 2.87. The summed E-state index contributed by atoms with van der Waals surface area (Å²) in [4.78, 5) is 12.8. The maximum Gasteiger partial charge on any atom is 0.231 e. The van der Waals surface area contributed by atoms with Gasteiger partial charge in [-0.3, -0.25) is 10.2 Å². The number of nitrogens with one attached hydrogen (secondary N) is 1. The van der Waals surface area contributed by atoms with Crippen LogP contribution in [-0.2, 0) is 11.2 Å². The monoisotopic (exact) mass is 306 g/mol. The Morgan fingerprint density at radius 2 is 2.15 bits per heavy atom. The van der Waals surface area contributed by atoms with Gasteiger partial charge >= 0.3 is 0 Å². The van der Waals surface area contributed by atoms with Crippen molar-refractivity contribution >= 4 is 28.8 Å². The van der Waals surface area contributed by atoms with E-state index in [-0.39, 0.29) is 11.9 Å². The Hall–Kier alpha value is -1.36. The lowest BCUT2D eigenvalue weighted by atomic mass is 9.94. The van der Waals surface area contributed by atoms with Crippen LogP contribution in [0.2, 0.25) is 5.02 Å². The largest absolute Gasteiger partial charge is 0.288 e. The van der Waals surface area contributed by atoms with E-state index in [1.807, 2.05) is 29.3 Å². The Morgan fingerprint density at radius 3 is 2.90 bits per heavy atom. The summed E-state index contributed by atoms with van der Waals surface area (Å²) in [6, 6.07) is 9.93. The Morgan fingerprint density at radius 1 is 1.35 bits per heavy atom. The Labute approximate surface area is 127 Å². The fraction of sp³-hybridized carbons (Fsp3) is 0.267. The Bertz CT molecular complexity index is 640. The van der Waals surface area contributed by atoms with E-state index in [1.54, 1.807) is 11.3 Å². The van der Waals surface area contributed by atoms with E-state index in [4.69, 9.17) is 11.6 Å². The first kappa shape index (κ1) is 13.6. The highest BCUT2D eigenvalue weighted by Crippen LogP contribution is 2.39. The molecule has 0 radical (unpaired) electrons. The van der Waals surface area contributed by atoms with Crippen LogP contribution in [-0.4, -0.2) is 17.5 Å². The van der Waals surface area contributed by atoms with Crippen molar-refractivity contribution in [1.82, 2.24) is 10.4 Å². The number of carbonyl (C=O) groups is 1. The van der Waals surface area contributed by atoms with E-state index in [2.05, 4.69) is 16.9 Å². The van der Waals surface area contributed by atoms with Crippen molar-refractivity contribution in [3.63, 3.8) is 0 Å². The van der Waals surface area contributed by atoms with Crippen LogP contribution < -0.4 is 5.43 Å². The predicted octanol–water partition coefficient (Wildman–Crippen LogP) is 3.40. The van der Waals surface area contributed by atoms with Crippen molar-refractivity contribution in [3.05, 3.63) is 56.7 Å².